The second-order valence-corrected chi connectivity index (χ2v) is 3.52. The summed E-state index contributed by atoms with van der Waals surface area (Å²) in [5, 5.41) is 25.3. The van der Waals surface area contributed by atoms with Crippen molar-refractivity contribution >= 4 is 28.9 Å². The minimum atomic E-state index is -0.646. The first kappa shape index (κ1) is 11.9. The third kappa shape index (κ3) is 2.40. The maximum atomic E-state index is 11.5. The first-order valence-corrected chi connectivity index (χ1v) is 4.94. The van der Waals surface area contributed by atoms with Gasteiger partial charge in [-0.3, -0.25) is 14.9 Å². The quantitative estimate of drug-likeness (QED) is 0.632. The van der Waals surface area contributed by atoms with Crippen LogP contribution in [0, 0.1) is 10.1 Å². The minimum absolute atomic E-state index is 0.0161. The van der Waals surface area contributed by atoms with Crippen molar-refractivity contribution in [3.63, 3.8) is 0 Å². The number of aromatic nitrogens is 4. The molecule has 0 saturated heterocycles. The average Bonchev–Trinajstić information content (AvgIpc) is 2.85. The molecule has 2 N–H and O–H groups in total. The van der Waals surface area contributed by atoms with E-state index in [0.717, 1.165) is 6.07 Å². The number of rotatable bonds is 3. The fraction of sp³-hybridized carbons (Fsp3) is 0. The first-order chi connectivity index (χ1) is 8.58. The topological polar surface area (TPSA) is 127 Å². The number of halogens is 1. The van der Waals surface area contributed by atoms with E-state index in [-0.39, 0.29) is 22.2 Å². The molecule has 9 nitrogen and oxygen atoms in total. The van der Waals surface area contributed by atoms with E-state index in [9.17, 15) is 14.9 Å². The van der Waals surface area contributed by atoms with Crippen LogP contribution < -0.4 is 5.32 Å². The van der Waals surface area contributed by atoms with Gasteiger partial charge in [-0.1, -0.05) is 11.6 Å². The van der Waals surface area contributed by atoms with Gasteiger partial charge in [0.2, 0.25) is 0 Å². The highest BCUT2D eigenvalue weighted by Gasteiger charge is 2.16. The Morgan fingerprint density at radius 2 is 2.28 bits per heavy atom. The Bertz CT molecular complexity index is 599. The molecule has 0 bridgehead atoms. The van der Waals surface area contributed by atoms with Gasteiger partial charge in [0.05, 0.1) is 4.92 Å². The Hall–Kier alpha value is -2.55. The fourth-order valence-corrected chi connectivity index (χ4v) is 1.36. The van der Waals surface area contributed by atoms with Crippen LogP contribution >= 0.6 is 11.6 Å². The Morgan fingerprint density at radius 1 is 1.50 bits per heavy atom. The number of carbonyl (C=O) groups excluding carboxylic acids is 1. The number of nitrogens with one attached hydrogen (secondary N) is 2. The molecule has 0 spiro atoms. The third-order valence-electron chi connectivity index (χ3n) is 1.95. The van der Waals surface area contributed by atoms with Crippen LogP contribution in [-0.4, -0.2) is 31.5 Å². The number of hydrogen-bond donors (Lipinski definition) is 2. The number of anilines is 1. The molecule has 1 amide bonds. The molecule has 18 heavy (non-hydrogen) atoms. The molecule has 0 atom stereocenters. The number of aromatic amines is 1. The van der Waals surface area contributed by atoms with Gasteiger partial charge >= 0.3 is 0 Å². The van der Waals surface area contributed by atoms with Crippen LogP contribution in [0.1, 0.15) is 10.6 Å². The molecule has 0 aliphatic rings. The van der Waals surface area contributed by atoms with E-state index < -0.39 is 10.8 Å². The molecule has 2 aromatic rings. The van der Waals surface area contributed by atoms with Crippen LogP contribution in [0.2, 0.25) is 5.02 Å². The van der Waals surface area contributed by atoms with Gasteiger partial charge in [0.25, 0.3) is 17.4 Å². The summed E-state index contributed by atoms with van der Waals surface area (Å²) >= 11 is 5.63. The summed E-state index contributed by atoms with van der Waals surface area (Å²) in [4.78, 5) is 21.6. The number of hydrogen-bond acceptors (Lipinski definition) is 6. The standard InChI is InChI=1S/C8H5ClN6O3/c9-5-2-1-4(3-6(5)15(17)18)10-8(16)7-11-13-14-12-7/h1-3H,(H,10,16)(H,11,12,13,14). The largest absolute Gasteiger partial charge is 0.319 e. The summed E-state index contributed by atoms with van der Waals surface area (Å²) in [5.41, 5.74) is -0.0940. The zero-order valence-corrected chi connectivity index (χ0v) is 9.38. The van der Waals surface area contributed by atoms with Gasteiger partial charge in [-0.2, -0.15) is 5.21 Å². The molecule has 1 aromatic heterocycles. The summed E-state index contributed by atoms with van der Waals surface area (Å²) in [6.45, 7) is 0. The number of amides is 1. The maximum Gasteiger partial charge on any atom is 0.297 e. The van der Waals surface area contributed by atoms with E-state index >= 15 is 0 Å². The lowest BCUT2D eigenvalue weighted by Crippen LogP contribution is -2.13. The zero-order chi connectivity index (χ0) is 13.1. The molecular formula is C8H5ClN6O3. The Morgan fingerprint density at radius 3 is 2.89 bits per heavy atom. The molecule has 10 heteroatoms. The number of nitro groups is 1. The van der Waals surface area contributed by atoms with Crippen LogP contribution in [0.4, 0.5) is 11.4 Å². The predicted molar refractivity (Wildman–Crippen MR) is 60.2 cm³/mol. The molecule has 2 rings (SSSR count). The highest BCUT2D eigenvalue weighted by atomic mass is 35.5. The Kier molecular flexibility index (Phi) is 3.15. The van der Waals surface area contributed by atoms with E-state index in [1.807, 2.05) is 0 Å². The SMILES string of the molecule is O=C(Nc1ccc(Cl)c([N+](=O)[O-])c1)c1nn[nH]n1. The lowest BCUT2D eigenvalue weighted by atomic mass is 10.3. The summed E-state index contributed by atoms with van der Waals surface area (Å²) in [6.07, 6.45) is 0. The van der Waals surface area contributed by atoms with Crippen molar-refractivity contribution in [2.45, 2.75) is 0 Å². The Balaban J connectivity index is 2.22. The fourth-order valence-electron chi connectivity index (χ4n) is 1.18. The highest BCUT2D eigenvalue weighted by molar-refractivity contribution is 6.32. The van der Waals surface area contributed by atoms with Crippen molar-refractivity contribution in [2.75, 3.05) is 5.32 Å². The maximum absolute atomic E-state index is 11.5. The van der Waals surface area contributed by atoms with Crippen LogP contribution in [0.15, 0.2) is 18.2 Å². The summed E-state index contributed by atoms with van der Waals surface area (Å²) in [5.74, 6) is -0.812. The van der Waals surface area contributed by atoms with Gasteiger partial charge < -0.3 is 5.32 Å². The van der Waals surface area contributed by atoms with Gasteiger partial charge in [-0.05, 0) is 17.3 Å². The first-order valence-electron chi connectivity index (χ1n) is 4.56. The lowest BCUT2D eigenvalue weighted by Gasteiger charge is -2.02. The van der Waals surface area contributed by atoms with E-state index in [4.69, 9.17) is 11.6 Å². The van der Waals surface area contributed by atoms with Crippen molar-refractivity contribution in [3.05, 3.63) is 39.2 Å². The molecule has 92 valence electrons. The van der Waals surface area contributed by atoms with Gasteiger partial charge in [-0.25, -0.2) is 0 Å². The molecule has 0 saturated carbocycles. The molecule has 0 unspecified atom stereocenters. The molecule has 0 radical (unpaired) electrons. The normalized spacial score (nSPS) is 10.1. The molecule has 1 heterocycles. The minimum Gasteiger partial charge on any atom is -0.319 e. The zero-order valence-electron chi connectivity index (χ0n) is 8.62. The Labute approximate surface area is 104 Å². The van der Waals surface area contributed by atoms with E-state index in [1.165, 1.54) is 12.1 Å². The third-order valence-corrected chi connectivity index (χ3v) is 2.27. The van der Waals surface area contributed by atoms with Crippen molar-refractivity contribution in [1.29, 1.82) is 0 Å². The lowest BCUT2D eigenvalue weighted by molar-refractivity contribution is -0.384. The smallest absolute Gasteiger partial charge is 0.297 e. The number of nitro benzene ring substituents is 1. The van der Waals surface area contributed by atoms with Crippen LogP contribution in [0.5, 0.6) is 0 Å². The van der Waals surface area contributed by atoms with E-state index in [2.05, 4.69) is 25.9 Å². The summed E-state index contributed by atoms with van der Waals surface area (Å²) in [6, 6.07) is 3.87. The van der Waals surface area contributed by atoms with E-state index in [0.29, 0.717) is 0 Å². The number of tetrazole rings is 1. The monoisotopic (exact) mass is 268 g/mol. The number of carbonyl (C=O) groups is 1. The van der Waals surface area contributed by atoms with Gasteiger partial charge in [-0.15, -0.1) is 10.2 Å². The van der Waals surface area contributed by atoms with Crippen molar-refractivity contribution in [3.8, 4) is 0 Å². The van der Waals surface area contributed by atoms with Crippen molar-refractivity contribution in [2.24, 2.45) is 0 Å². The van der Waals surface area contributed by atoms with Crippen molar-refractivity contribution < 1.29 is 9.72 Å². The molecular weight excluding hydrogens is 264 g/mol. The number of nitrogens with zero attached hydrogens (tertiary/aromatic N) is 4. The number of benzene rings is 1. The highest BCUT2D eigenvalue weighted by Crippen LogP contribution is 2.27. The van der Waals surface area contributed by atoms with Crippen molar-refractivity contribution in [1.82, 2.24) is 20.6 Å². The molecule has 0 aliphatic carbocycles. The van der Waals surface area contributed by atoms with Gasteiger partial charge in [0.1, 0.15) is 5.02 Å². The summed E-state index contributed by atoms with van der Waals surface area (Å²) in [7, 11) is 0. The van der Waals surface area contributed by atoms with Crippen LogP contribution in [-0.2, 0) is 0 Å². The average molecular weight is 269 g/mol. The second kappa shape index (κ2) is 4.75. The van der Waals surface area contributed by atoms with Crippen LogP contribution in [0.25, 0.3) is 0 Å². The molecule has 1 aromatic carbocycles. The summed E-state index contributed by atoms with van der Waals surface area (Å²) < 4.78 is 0. The predicted octanol–water partition coefficient (Wildman–Crippen LogP) is 1.01. The van der Waals surface area contributed by atoms with E-state index in [1.54, 1.807) is 0 Å². The van der Waals surface area contributed by atoms with Gasteiger partial charge in [0, 0.05) is 11.8 Å². The van der Waals surface area contributed by atoms with Gasteiger partial charge in [0.15, 0.2) is 0 Å². The molecule has 0 fully saturated rings. The second-order valence-electron chi connectivity index (χ2n) is 3.11. The number of H-pyrrole nitrogens is 1. The van der Waals surface area contributed by atoms with Crippen LogP contribution in [0.3, 0.4) is 0 Å². The molecule has 0 aliphatic heterocycles.